The summed E-state index contributed by atoms with van der Waals surface area (Å²) in [5.41, 5.74) is 0.575. The highest BCUT2D eigenvalue weighted by molar-refractivity contribution is 5.83. The molecule has 2 aromatic rings. The Balaban J connectivity index is 2.09. The van der Waals surface area contributed by atoms with Crippen molar-refractivity contribution >= 4 is 5.78 Å². The van der Waals surface area contributed by atoms with Crippen LogP contribution in [0.25, 0.3) is 0 Å². The topological polar surface area (TPSA) is 26.3 Å². The van der Waals surface area contributed by atoms with E-state index in [0.717, 1.165) is 17.7 Å². The van der Waals surface area contributed by atoms with Gasteiger partial charge in [0.15, 0.2) is 0 Å². The van der Waals surface area contributed by atoms with Crippen LogP contribution in [0.15, 0.2) is 42.5 Å². The molecule has 0 aromatic heterocycles. The number of carbonyl (C=O) groups excluding carboxylic acids is 1. The zero-order valence-corrected chi connectivity index (χ0v) is 11.0. The molecular weight excluding hydrogens is 262 g/mol. The number of rotatable bonds is 5. The lowest BCUT2D eigenvalue weighted by molar-refractivity contribution is -0.117. The molecule has 0 saturated heterocycles. The fraction of sp³-hybridized carbons (Fsp3) is 0.188. The van der Waals surface area contributed by atoms with Crippen LogP contribution in [0.4, 0.5) is 8.78 Å². The molecule has 0 aliphatic heterocycles. The molecule has 0 aliphatic rings. The lowest BCUT2D eigenvalue weighted by Gasteiger charge is -2.06. The average molecular weight is 276 g/mol. The Morgan fingerprint density at radius 3 is 2.35 bits per heavy atom. The van der Waals surface area contributed by atoms with E-state index in [4.69, 9.17) is 4.74 Å². The molecule has 0 saturated carbocycles. The maximum absolute atomic E-state index is 13.5. The van der Waals surface area contributed by atoms with Gasteiger partial charge in [-0.1, -0.05) is 18.2 Å². The second-order valence-corrected chi connectivity index (χ2v) is 4.44. The molecule has 0 unspecified atom stereocenters. The predicted molar refractivity (Wildman–Crippen MR) is 71.8 cm³/mol. The molecule has 0 amide bonds. The molecule has 0 N–H and O–H groups in total. The summed E-state index contributed by atoms with van der Waals surface area (Å²) in [4.78, 5) is 11.9. The van der Waals surface area contributed by atoms with Crippen molar-refractivity contribution in [1.29, 1.82) is 0 Å². The molecule has 0 aliphatic carbocycles. The van der Waals surface area contributed by atoms with E-state index < -0.39 is 11.6 Å². The van der Waals surface area contributed by atoms with E-state index in [-0.39, 0.29) is 24.2 Å². The van der Waals surface area contributed by atoms with E-state index in [9.17, 15) is 13.6 Å². The van der Waals surface area contributed by atoms with Crippen LogP contribution < -0.4 is 4.74 Å². The van der Waals surface area contributed by atoms with Crippen LogP contribution in [0.5, 0.6) is 5.75 Å². The number of ketones is 1. The smallest absolute Gasteiger partial charge is 0.141 e. The van der Waals surface area contributed by atoms with Gasteiger partial charge in [-0.05, 0) is 29.8 Å². The van der Waals surface area contributed by atoms with Crippen molar-refractivity contribution in [2.24, 2.45) is 0 Å². The number of hydrogen-bond donors (Lipinski definition) is 0. The Labute approximate surface area is 116 Å². The summed E-state index contributed by atoms with van der Waals surface area (Å²) < 4.78 is 32.0. The Bertz CT molecular complexity index is 603. The van der Waals surface area contributed by atoms with Crippen LogP contribution in [0.3, 0.4) is 0 Å². The maximum Gasteiger partial charge on any atom is 0.141 e. The number of halogens is 2. The quantitative estimate of drug-likeness (QED) is 0.837. The second-order valence-electron chi connectivity index (χ2n) is 4.44. The molecule has 4 heteroatoms. The summed E-state index contributed by atoms with van der Waals surface area (Å²) in [6, 6.07) is 10.6. The number of Topliss-reactive ketones (excluding diaryl/α,β-unsaturated/α-hetero) is 1. The Morgan fingerprint density at radius 1 is 1.05 bits per heavy atom. The van der Waals surface area contributed by atoms with Crippen LogP contribution >= 0.6 is 0 Å². The van der Waals surface area contributed by atoms with E-state index in [1.165, 1.54) is 13.2 Å². The van der Waals surface area contributed by atoms with Crippen molar-refractivity contribution in [3.05, 3.63) is 65.2 Å². The predicted octanol–water partition coefficient (Wildman–Crippen LogP) is 3.33. The molecule has 20 heavy (non-hydrogen) atoms. The van der Waals surface area contributed by atoms with Crippen LogP contribution in [0.1, 0.15) is 11.1 Å². The van der Waals surface area contributed by atoms with Gasteiger partial charge >= 0.3 is 0 Å². The number of ether oxygens (including phenoxy) is 1. The molecule has 0 bridgehead atoms. The van der Waals surface area contributed by atoms with Crippen molar-refractivity contribution in [3.63, 3.8) is 0 Å². The summed E-state index contributed by atoms with van der Waals surface area (Å²) in [6.07, 6.45) is -0.138. The van der Waals surface area contributed by atoms with Gasteiger partial charge in [-0.15, -0.1) is 0 Å². The second kappa shape index (κ2) is 6.28. The summed E-state index contributed by atoms with van der Waals surface area (Å²) >= 11 is 0. The average Bonchev–Trinajstić information content (AvgIpc) is 2.43. The molecule has 0 spiro atoms. The Kier molecular flexibility index (Phi) is 4.45. The minimum atomic E-state index is -0.691. The summed E-state index contributed by atoms with van der Waals surface area (Å²) in [5.74, 6) is -0.984. The maximum atomic E-state index is 13.5. The lowest BCUT2D eigenvalue weighted by atomic mass is 10.0. The third-order valence-electron chi connectivity index (χ3n) is 2.97. The van der Waals surface area contributed by atoms with Gasteiger partial charge in [-0.3, -0.25) is 4.79 Å². The third kappa shape index (κ3) is 3.41. The molecule has 2 nitrogen and oxygen atoms in total. The molecule has 0 radical (unpaired) electrons. The molecule has 104 valence electrons. The normalized spacial score (nSPS) is 10.3. The fourth-order valence-electron chi connectivity index (χ4n) is 1.97. The van der Waals surface area contributed by atoms with Crippen molar-refractivity contribution in [2.75, 3.05) is 7.11 Å². The van der Waals surface area contributed by atoms with Crippen molar-refractivity contribution < 1.29 is 18.3 Å². The first-order valence-electron chi connectivity index (χ1n) is 6.17. The Hall–Kier alpha value is -2.23. The van der Waals surface area contributed by atoms with Crippen LogP contribution in [-0.2, 0) is 17.6 Å². The standard InChI is InChI=1S/C16H14F2O2/c1-20-13-5-2-4-11(9-13)8-12(19)10-14-15(17)6-3-7-16(14)18/h2-7,9H,8,10H2,1H3. The zero-order chi connectivity index (χ0) is 14.5. The van der Waals surface area contributed by atoms with Crippen molar-refractivity contribution in [2.45, 2.75) is 12.8 Å². The van der Waals surface area contributed by atoms with Crippen LogP contribution in [0, 0.1) is 11.6 Å². The van der Waals surface area contributed by atoms with E-state index in [1.807, 2.05) is 0 Å². The van der Waals surface area contributed by atoms with Crippen molar-refractivity contribution in [3.8, 4) is 5.75 Å². The van der Waals surface area contributed by atoms with Crippen molar-refractivity contribution in [1.82, 2.24) is 0 Å². The highest BCUT2D eigenvalue weighted by Gasteiger charge is 2.13. The Morgan fingerprint density at radius 2 is 1.70 bits per heavy atom. The van der Waals surface area contributed by atoms with E-state index in [1.54, 1.807) is 24.3 Å². The van der Waals surface area contributed by atoms with Gasteiger partial charge in [-0.25, -0.2) is 8.78 Å². The molecule has 0 atom stereocenters. The molecule has 2 rings (SSSR count). The first-order chi connectivity index (χ1) is 9.60. The van der Waals surface area contributed by atoms with E-state index in [0.29, 0.717) is 5.75 Å². The number of methoxy groups -OCH3 is 1. The molecular formula is C16H14F2O2. The van der Waals surface area contributed by atoms with Gasteiger partial charge in [0.25, 0.3) is 0 Å². The fourth-order valence-corrected chi connectivity index (χ4v) is 1.97. The van der Waals surface area contributed by atoms with Gasteiger partial charge < -0.3 is 4.74 Å². The van der Waals surface area contributed by atoms with Gasteiger partial charge in [0.2, 0.25) is 0 Å². The summed E-state index contributed by atoms with van der Waals surface area (Å²) in [5, 5.41) is 0. The van der Waals surface area contributed by atoms with Crippen LogP contribution in [-0.4, -0.2) is 12.9 Å². The van der Waals surface area contributed by atoms with Gasteiger partial charge in [0, 0.05) is 18.4 Å². The highest BCUT2D eigenvalue weighted by Crippen LogP contribution is 2.16. The minimum absolute atomic E-state index is 0.116. The zero-order valence-electron chi connectivity index (χ0n) is 11.0. The number of benzene rings is 2. The van der Waals surface area contributed by atoms with Gasteiger partial charge in [0.05, 0.1) is 7.11 Å². The first-order valence-corrected chi connectivity index (χ1v) is 6.17. The van der Waals surface area contributed by atoms with Gasteiger partial charge in [0.1, 0.15) is 23.2 Å². The molecule has 2 aromatic carbocycles. The highest BCUT2D eigenvalue weighted by atomic mass is 19.1. The number of carbonyl (C=O) groups is 1. The third-order valence-corrected chi connectivity index (χ3v) is 2.97. The van der Waals surface area contributed by atoms with Crippen LogP contribution in [0.2, 0.25) is 0 Å². The molecule has 0 heterocycles. The van der Waals surface area contributed by atoms with Gasteiger partial charge in [-0.2, -0.15) is 0 Å². The van der Waals surface area contributed by atoms with E-state index >= 15 is 0 Å². The monoisotopic (exact) mass is 276 g/mol. The minimum Gasteiger partial charge on any atom is -0.497 e. The first kappa shape index (κ1) is 14.2. The summed E-state index contributed by atoms with van der Waals surface area (Å²) in [6.45, 7) is 0. The van der Waals surface area contributed by atoms with E-state index in [2.05, 4.69) is 0 Å². The SMILES string of the molecule is COc1cccc(CC(=O)Cc2c(F)cccc2F)c1. The largest absolute Gasteiger partial charge is 0.497 e. The number of hydrogen-bond acceptors (Lipinski definition) is 2. The molecule has 0 fully saturated rings. The lowest BCUT2D eigenvalue weighted by Crippen LogP contribution is -2.09. The summed E-state index contributed by atoms with van der Waals surface area (Å²) in [7, 11) is 1.54.